The Kier molecular flexibility index (Phi) is 2.24. The molecule has 0 saturated heterocycles. The van der Waals surface area contributed by atoms with Crippen LogP contribution in [-0.4, -0.2) is 25.7 Å². The summed E-state index contributed by atoms with van der Waals surface area (Å²) in [4.78, 5) is 24.7. The molecule has 0 unspecified atom stereocenters. The van der Waals surface area contributed by atoms with Crippen LogP contribution in [0.3, 0.4) is 0 Å². The van der Waals surface area contributed by atoms with E-state index in [-0.39, 0.29) is 5.56 Å². The molecular weight excluding hydrogens is 200 g/mol. The van der Waals surface area contributed by atoms with Gasteiger partial charge in [-0.15, -0.1) is 6.42 Å². The molecule has 0 aliphatic heterocycles. The van der Waals surface area contributed by atoms with Crippen LogP contribution in [0.1, 0.15) is 0 Å². The van der Waals surface area contributed by atoms with Crippen molar-refractivity contribution in [3.05, 3.63) is 16.7 Å². The summed E-state index contributed by atoms with van der Waals surface area (Å²) in [6.07, 6.45) is 6.53. The zero-order valence-electron chi connectivity index (χ0n) is 7.07. The van der Waals surface area contributed by atoms with E-state index in [0.717, 1.165) is 0 Å². The van der Waals surface area contributed by atoms with Crippen molar-refractivity contribution in [1.82, 2.24) is 19.9 Å². The van der Waals surface area contributed by atoms with Crippen LogP contribution < -0.4 is 5.56 Å². The third-order valence-corrected chi connectivity index (χ3v) is 2.34. The average molecular weight is 206 g/mol. The van der Waals surface area contributed by atoms with E-state index >= 15 is 0 Å². The van der Waals surface area contributed by atoms with Gasteiger partial charge in [0.25, 0.3) is 5.56 Å². The van der Waals surface area contributed by atoms with Crippen LogP contribution in [0, 0.1) is 12.3 Å². The van der Waals surface area contributed by atoms with Crippen molar-refractivity contribution >= 4 is 22.9 Å². The Bertz CT molecular complexity index is 550. The molecule has 2 aromatic rings. The van der Waals surface area contributed by atoms with E-state index < -0.39 is 0 Å². The van der Waals surface area contributed by atoms with Gasteiger partial charge in [0.15, 0.2) is 16.3 Å². The van der Waals surface area contributed by atoms with Crippen LogP contribution in [0.4, 0.5) is 0 Å². The van der Waals surface area contributed by atoms with E-state index in [4.69, 9.17) is 6.42 Å². The molecule has 0 radical (unpaired) electrons. The lowest BCUT2D eigenvalue weighted by molar-refractivity contribution is 0.967. The first-order valence-electron chi connectivity index (χ1n) is 3.81. The normalized spacial score (nSPS) is 10.2. The molecule has 2 N–H and O–H groups in total. The average Bonchev–Trinajstić information content (AvgIpc) is 2.63. The highest BCUT2D eigenvalue weighted by Gasteiger charge is 2.04. The van der Waals surface area contributed by atoms with E-state index in [1.54, 1.807) is 0 Å². The predicted molar refractivity (Wildman–Crippen MR) is 54.1 cm³/mol. The molecule has 0 spiro atoms. The van der Waals surface area contributed by atoms with Gasteiger partial charge in [-0.1, -0.05) is 17.7 Å². The Morgan fingerprint density at radius 1 is 1.64 bits per heavy atom. The number of thioether (sulfide) groups is 1. The van der Waals surface area contributed by atoms with Gasteiger partial charge in [0.1, 0.15) is 0 Å². The number of fused-ring (bicyclic) bond motifs is 1. The highest BCUT2D eigenvalue weighted by atomic mass is 32.2. The maximum Gasteiger partial charge on any atom is 0.277 e. The largest absolute Gasteiger partial charge is 0.339 e. The first-order chi connectivity index (χ1) is 6.81. The smallest absolute Gasteiger partial charge is 0.277 e. The molecule has 0 aromatic carbocycles. The van der Waals surface area contributed by atoms with Gasteiger partial charge in [-0.25, -0.2) is 9.97 Å². The minimum Gasteiger partial charge on any atom is -0.339 e. The summed E-state index contributed by atoms with van der Waals surface area (Å²) >= 11 is 1.30. The molecule has 0 aliphatic carbocycles. The molecule has 0 saturated carbocycles. The summed E-state index contributed by atoms with van der Waals surface area (Å²) in [7, 11) is 0. The van der Waals surface area contributed by atoms with Crippen molar-refractivity contribution in [2.75, 3.05) is 5.75 Å². The minimum atomic E-state index is -0.230. The lowest BCUT2D eigenvalue weighted by atomic mass is 10.6. The van der Waals surface area contributed by atoms with Crippen LogP contribution in [0.25, 0.3) is 11.2 Å². The Balaban J connectivity index is 2.49. The SMILES string of the molecule is C#CCSc1nc2nc[nH]c2c(=O)[nH]1. The van der Waals surface area contributed by atoms with Crippen molar-refractivity contribution in [2.24, 2.45) is 0 Å². The fraction of sp³-hybridized carbons (Fsp3) is 0.125. The van der Waals surface area contributed by atoms with Crippen molar-refractivity contribution in [2.45, 2.75) is 5.16 Å². The number of hydrogen-bond acceptors (Lipinski definition) is 4. The number of aromatic amines is 2. The lowest BCUT2D eigenvalue weighted by Gasteiger charge is -1.95. The summed E-state index contributed by atoms with van der Waals surface area (Å²) in [6, 6.07) is 0. The van der Waals surface area contributed by atoms with E-state index in [2.05, 4.69) is 25.9 Å². The molecule has 5 nitrogen and oxygen atoms in total. The maximum atomic E-state index is 11.4. The van der Waals surface area contributed by atoms with Crippen LogP contribution in [0.15, 0.2) is 16.3 Å². The summed E-state index contributed by atoms with van der Waals surface area (Å²) in [5, 5.41) is 0.493. The molecule has 0 bridgehead atoms. The molecule has 0 atom stereocenters. The highest BCUT2D eigenvalue weighted by Crippen LogP contribution is 2.11. The fourth-order valence-electron chi connectivity index (χ4n) is 1.00. The molecule has 2 heterocycles. The molecule has 2 rings (SSSR count). The monoisotopic (exact) mass is 206 g/mol. The van der Waals surface area contributed by atoms with Crippen molar-refractivity contribution in [3.63, 3.8) is 0 Å². The maximum absolute atomic E-state index is 11.4. The summed E-state index contributed by atoms with van der Waals surface area (Å²) in [6.45, 7) is 0. The van der Waals surface area contributed by atoms with Gasteiger partial charge in [0.2, 0.25) is 0 Å². The second kappa shape index (κ2) is 3.55. The van der Waals surface area contributed by atoms with Gasteiger partial charge in [-0.05, 0) is 0 Å². The zero-order valence-corrected chi connectivity index (χ0v) is 7.89. The van der Waals surface area contributed by atoms with Crippen molar-refractivity contribution in [3.8, 4) is 12.3 Å². The predicted octanol–water partition coefficient (Wildman–Crippen LogP) is 0.371. The zero-order chi connectivity index (χ0) is 9.97. The van der Waals surface area contributed by atoms with E-state index in [1.165, 1.54) is 18.1 Å². The van der Waals surface area contributed by atoms with Crippen LogP contribution in [0.2, 0.25) is 0 Å². The van der Waals surface area contributed by atoms with Crippen molar-refractivity contribution < 1.29 is 0 Å². The molecule has 70 valence electrons. The lowest BCUT2D eigenvalue weighted by Crippen LogP contribution is -2.09. The van der Waals surface area contributed by atoms with Gasteiger partial charge >= 0.3 is 0 Å². The van der Waals surface area contributed by atoms with Gasteiger partial charge in [0, 0.05) is 0 Å². The number of terminal acetylenes is 1. The van der Waals surface area contributed by atoms with Gasteiger partial charge < -0.3 is 4.98 Å². The number of hydrogen-bond donors (Lipinski definition) is 2. The minimum absolute atomic E-state index is 0.230. The standard InChI is InChI=1S/C8H6N4OS/c1-2-3-14-8-11-6-5(7(13)12-8)9-4-10-6/h1,4H,3H2,(H2,9,10,11,12,13). The third-order valence-electron chi connectivity index (χ3n) is 1.57. The van der Waals surface area contributed by atoms with E-state index in [1.807, 2.05) is 0 Å². The molecule has 6 heteroatoms. The van der Waals surface area contributed by atoms with E-state index in [0.29, 0.717) is 22.1 Å². The quantitative estimate of drug-likeness (QED) is 0.423. The summed E-state index contributed by atoms with van der Waals surface area (Å²) < 4.78 is 0. The molecule has 14 heavy (non-hydrogen) atoms. The Morgan fingerprint density at radius 2 is 2.50 bits per heavy atom. The van der Waals surface area contributed by atoms with Crippen LogP contribution in [0.5, 0.6) is 0 Å². The van der Waals surface area contributed by atoms with Crippen molar-refractivity contribution in [1.29, 1.82) is 0 Å². The third kappa shape index (κ3) is 1.49. The molecule has 2 aromatic heterocycles. The van der Waals surface area contributed by atoms with Gasteiger partial charge in [-0.3, -0.25) is 9.78 Å². The topological polar surface area (TPSA) is 74.4 Å². The summed E-state index contributed by atoms with van der Waals surface area (Å²) in [5.74, 6) is 2.92. The molecule has 0 fully saturated rings. The number of nitrogens with zero attached hydrogens (tertiary/aromatic N) is 2. The first kappa shape index (κ1) is 8.84. The fourth-order valence-corrected chi connectivity index (χ4v) is 1.54. The number of aromatic nitrogens is 4. The second-order valence-electron chi connectivity index (χ2n) is 2.47. The van der Waals surface area contributed by atoms with Crippen LogP contribution in [-0.2, 0) is 0 Å². The molecule has 0 amide bonds. The highest BCUT2D eigenvalue weighted by molar-refractivity contribution is 7.99. The molecular formula is C8H6N4OS. The van der Waals surface area contributed by atoms with Crippen LogP contribution >= 0.6 is 11.8 Å². The van der Waals surface area contributed by atoms with E-state index in [9.17, 15) is 4.79 Å². The Morgan fingerprint density at radius 3 is 3.29 bits per heavy atom. The number of imidazole rings is 1. The number of nitrogens with one attached hydrogen (secondary N) is 2. The Hall–Kier alpha value is -1.74. The molecule has 0 aliphatic rings. The van der Waals surface area contributed by atoms with Gasteiger partial charge in [0.05, 0.1) is 12.1 Å². The first-order valence-corrected chi connectivity index (χ1v) is 4.79. The summed E-state index contributed by atoms with van der Waals surface area (Å²) in [5.41, 5.74) is 0.565. The van der Waals surface area contributed by atoms with Gasteiger partial charge in [-0.2, -0.15) is 0 Å². The Labute approximate surface area is 83.4 Å². The second-order valence-corrected chi connectivity index (χ2v) is 3.43. The number of H-pyrrole nitrogens is 2. The number of rotatable bonds is 2.